The van der Waals surface area contributed by atoms with E-state index >= 15 is 0 Å². The lowest BCUT2D eigenvalue weighted by atomic mass is 10.2. The number of hydrogen-bond acceptors (Lipinski definition) is 2. The lowest BCUT2D eigenvalue weighted by Crippen LogP contribution is -3.00. The predicted octanol–water partition coefficient (Wildman–Crippen LogP) is 3.45. The average molecular weight is 581 g/mol. The van der Waals surface area contributed by atoms with Gasteiger partial charge in [-0.1, -0.05) is 66.7 Å². The van der Waals surface area contributed by atoms with Gasteiger partial charge in [0.2, 0.25) is 0 Å². The monoisotopic (exact) mass is 581 g/mol. The summed E-state index contributed by atoms with van der Waals surface area (Å²) in [5, 5.41) is 6.77. The number of nitrogens with zero attached hydrogens (tertiary/aromatic N) is 1. The number of thiazole rings is 1. The Morgan fingerprint density at radius 2 is 1.09 bits per heavy atom. The van der Waals surface area contributed by atoms with E-state index in [1.165, 1.54) is 33.3 Å². The average Bonchev–Trinajstić information content (AvgIpc) is 3.33. The number of rotatable bonds is 6. The first-order valence-electron chi connectivity index (χ1n) is 10.5. The fourth-order valence-electron chi connectivity index (χ4n) is 4.15. The molecule has 0 saturated carbocycles. The molecule has 1 aromatic heterocycles. The molecule has 1 nitrogen and oxygen atoms in total. The molecular weight excluding hydrogens is 559 g/mol. The lowest BCUT2D eigenvalue weighted by molar-refractivity contribution is -0.00000677. The molecule has 0 aliphatic carbocycles. The van der Waals surface area contributed by atoms with Crippen molar-refractivity contribution in [1.82, 2.24) is 4.98 Å². The molecule has 0 saturated heterocycles. The van der Waals surface area contributed by atoms with Crippen LogP contribution in [-0.2, 0) is 6.16 Å². The molecule has 5 heteroatoms. The number of halogens is 2. The Kier molecular flexibility index (Phi) is 7.69. The van der Waals surface area contributed by atoms with E-state index in [1.807, 2.05) is 6.07 Å². The fourth-order valence-corrected chi connectivity index (χ4v) is 9.25. The Bertz CT molecular complexity index is 1210. The summed E-state index contributed by atoms with van der Waals surface area (Å²) in [7, 11) is -2.01. The van der Waals surface area contributed by atoms with Crippen molar-refractivity contribution < 1.29 is 28.4 Å². The van der Waals surface area contributed by atoms with Crippen LogP contribution in [-0.4, -0.2) is 4.98 Å². The van der Waals surface area contributed by atoms with Crippen molar-refractivity contribution in [3.8, 4) is 10.6 Å². The molecule has 5 aromatic rings. The zero-order valence-electron chi connectivity index (χ0n) is 17.8. The van der Waals surface area contributed by atoms with Gasteiger partial charge in [0.25, 0.3) is 0 Å². The SMILES string of the molecule is Fc1ccccc1-c1nc(C[P+](c2ccccc2)(c2ccccc2)c2ccccc2)cs1.[I-]. The molecule has 0 bridgehead atoms. The third-order valence-electron chi connectivity index (χ3n) is 5.65. The Morgan fingerprint density at radius 1 is 0.636 bits per heavy atom. The molecule has 4 aromatic carbocycles. The highest BCUT2D eigenvalue weighted by molar-refractivity contribution is 7.95. The zero-order valence-corrected chi connectivity index (χ0v) is 21.7. The summed E-state index contributed by atoms with van der Waals surface area (Å²) in [6, 6.07) is 39.1. The Balaban J connectivity index is 0.00000259. The van der Waals surface area contributed by atoms with Gasteiger partial charge in [-0.05, 0) is 48.5 Å². The summed E-state index contributed by atoms with van der Waals surface area (Å²) < 4.78 is 14.4. The van der Waals surface area contributed by atoms with Crippen molar-refractivity contribution in [3.63, 3.8) is 0 Å². The second kappa shape index (κ2) is 10.7. The van der Waals surface area contributed by atoms with Crippen molar-refractivity contribution in [3.05, 3.63) is 132 Å². The van der Waals surface area contributed by atoms with Crippen LogP contribution >= 0.6 is 18.6 Å². The minimum Gasteiger partial charge on any atom is -1.00 e. The van der Waals surface area contributed by atoms with Crippen molar-refractivity contribution in [2.45, 2.75) is 6.16 Å². The maximum atomic E-state index is 14.4. The molecule has 0 amide bonds. The minimum atomic E-state index is -2.01. The number of aromatic nitrogens is 1. The molecular formula is C28H22FINPS. The fraction of sp³-hybridized carbons (Fsp3) is 0.0357. The third-order valence-corrected chi connectivity index (χ3v) is 10.9. The quantitative estimate of drug-likeness (QED) is 0.221. The number of benzene rings is 4. The largest absolute Gasteiger partial charge is 1.00 e. The predicted molar refractivity (Wildman–Crippen MR) is 136 cm³/mol. The Hall–Kier alpha value is -2.40. The van der Waals surface area contributed by atoms with Crippen LogP contribution in [0.5, 0.6) is 0 Å². The van der Waals surface area contributed by atoms with E-state index in [0.29, 0.717) is 5.56 Å². The standard InChI is InChI=1S/C28H22FNPS.HI/c29-27-19-11-10-18-26(27)28-30-22(21-32-28)20-31(23-12-4-1-5-13-23,24-14-6-2-7-15-24)25-16-8-3-9-17-25;/h1-19,21H,20H2;1H/q+1;/p-1. The highest BCUT2D eigenvalue weighted by Crippen LogP contribution is 2.58. The van der Waals surface area contributed by atoms with Gasteiger partial charge in [0.15, 0.2) is 0 Å². The van der Waals surface area contributed by atoms with Crippen molar-refractivity contribution >= 4 is 34.5 Å². The van der Waals surface area contributed by atoms with Crippen LogP contribution in [0.4, 0.5) is 4.39 Å². The van der Waals surface area contributed by atoms with E-state index in [2.05, 4.69) is 96.4 Å². The maximum Gasteiger partial charge on any atom is 0.133 e. The van der Waals surface area contributed by atoms with E-state index in [1.54, 1.807) is 12.1 Å². The van der Waals surface area contributed by atoms with Crippen LogP contribution in [0.2, 0.25) is 0 Å². The molecule has 0 unspecified atom stereocenters. The van der Waals surface area contributed by atoms with E-state index in [0.717, 1.165) is 16.9 Å². The first kappa shape index (κ1) is 23.7. The van der Waals surface area contributed by atoms with Gasteiger partial charge in [-0.15, -0.1) is 11.3 Å². The molecule has 0 atom stereocenters. The highest BCUT2D eigenvalue weighted by Gasteiger charge is 2.46. The maximum absolute atomic E-state index is 14.4. The molecule has 0 radical (unpaired) electrons. The molecule has 0 N–H and O–H groups in total. The van der Waals surface area contributed by atoms with Crippen LogP contribution in [0.3, 0.4) is 0 Å². The van der Waals surface area contributed by atoms with Gasteiger partial charge in [0.1, 0.15) is 40.2 Å². The smallest absolute Gasteiger partial charge is 0.133 e. The van der Waals surface area contributed by atoms with Gasteiger partial charge in [0, 0.05) is 10.9 Å². The Morgan fingerprint density at radius 3 is 1.58 bits per heavy atom. The Labute approximate surface area is 215 Å². The summed E-state index contributed by atoms with van der Waals surface area (Å²) >= 11 is 1.51. The van der Waals surface area contributed by atoms with E-state index in [9.17, 15) is 4.39 Å². The topological polar surface area (TPSA) is 12.9 Å². The van der Waals surface area contributed by atoms with Crippen LogP contribution < -0.4 is 39.9 Å². The second-order valence-electron chi connectivity index (χ2n) is 7.60. The summed E-state index contributed by atoms with van der Waals surface area (Å²) in [6.45, 7) is 0. The minimum absolute atomic E-state index is 0. The van der Waals surface area contributed by atoms with Gasteiger partial charge in [-0.2, -0.15) is 0 Å². The summed E-state index contributed by atoms with van der Waals surface area (Å²) in [4.78, 5) is 4.91. The van der Waals surface area contributed by atoms with E-state index < -0.39 is 7.26 Å². The molecule has 5 rings (SSSR count). The third kappa shape index (κ3) is 4.79. The van der Waals surface area contributed by atoms with Gasteiger partial charge in [-0.25, -0.2) is 9.37 Å². The first-order valence-corrected chi connectivity index (χ1v) is 13.4. The highest BCUT2D eigenvalue weighted by atomic mass is 127. The van der Waals surface area contributed by atoms with Gasteiger partial charge >= 0.3 is 0 Å². The second-order valence-corrected chi connectivity index (χ2v) is 11.9. The van der Waals surface area contributed by atoms with E-state index in [-0.39, 0.29) is 29.8 Å². The normalized spacial score (nSPS) is 11.1. The molecule has 164 valence electrons. The van der Waals surface area contributed by atoms with E-state index in [4.69, 9.17) is 4.98 Å². The van der Waals surface area contributed by atoms with Crippen molar-refractivity contribution in [1.29, 1.82) is 0 Å². The first-order chi connectivity index (χ1) is 15.8. The molecule has 0 aliphatic heterocycles. The molecule has 0 fully saturated rings. The molecule has 1 heterocycles. The lowest BCUT2D eigenvalue weighted by Gasteiger charge is -2.27. The van der Waals surface area contributed by atoms with Crippen LogP contribution in [0.25, 0.3) is 10.6 Å². The van der Waals surface area contributed by atoms with Crippen LogP contribution in [0.1, 0.15) is 5.69 Å². The number of hydrogen-bond donors (Lipinski definition) is 0. The summed E-state index contributed by atoms with van der Waals surface area (Å²) in [6.07, 6.45) is 0.788. The van der Waals surface area contributed by atoms with Gasteiger partial charge in [-0.3, -0.25) is 0 Å². The molecule has 0 aliphatic rings. The van der Waals surface area contributed by atoms with Crippen molar-refractivity contribution in [2.75, 3.05) is 0 Å². The van der Waals surface area contributed by atoms with Crippen LogP contribution in [0, 0.1) is 5.82 Å². The summed E-state index contributed by atoms with van der Waals surface area (Å²) in [5.74, 6) is -0.233. The zero-order chi connectivity index (χ0) is 21.8. The van der Waals surface area contributed by atoms with Gasteiger partial charge < -0.3 is 24.0 Å². The van der Waals surface area contributed by atoms with Gasteiger partial charge in [0.05, 0.1) is 5.69 Å². The van der Waals surface area contributed by atoms with Crippen LogP contribution in [0.15, 0.2) is 121 Å². The molecule has 0 spiro atoms. The molecule has 33 heavy (non-hydrogen) atoms. The summed E-state index contributed by atoms with van der Waals surface area (Å²) in [5.41, 5.74) is 1.56. The van der Waals surface area contributed by atoms with Crippen molar-refractivity contribution in [2.24, 2.45) is 0 Å².